The van der Waals surface area contributed by atoms with E-state index in [0.717, 1.165) is 30.6 Å². The van der Waals surface area contributed by atoms with Gasteiger partial charge < -0.3 is 9.84 Å². The van der Waals surface area contributed by atoms with Crippen LogP contribution in [0.15, 0.2) is 6.07 Å². The summed E-state index contributed by atoms with van der Waals surface area (Å²) < 4.78 is 5.40. The molecule has 0 spiro atoms. The SMILES string of the molecule is COc1cc(C)c2c(c1C(C)C(=O)O)CCCC2. The topological polar surface area (TPSA) is 46.5 Å². The number of hydrogen-bond acceptors (Lipinski definition) is 2. The van der Waals surface area contributed by atoms with Crippen LogP contribution in [0.2, 0.25) is 0 Å². The summed E-state index contributed by atoms with van der Waals surface area (Å²) in [5, 5.41) is 9.27. The quantitative estimate of drug-likeness (QED) is 0.894. The highest BCUT2D eigenvalue weighted by molar-refractivity contribution is 5.78. The van der Waals surface area contributed by atoms with Crippen molar-refractivity contribution >= 4 is 5.97 Å². The summed E-state index contributed by atoms with van der Waals surface area (Å²) in [5.74, 6) is -0.569. The molecule has 0 fully saturated rings. The Bertz CT molecular complexity index is 477. The Labute approximate surface area is 108 Å². The van der Waals surface area contributed by atoms with E-state index in [-0.39, 0.29) is 0 Å². The second kappa shape index (κ2) is 5.01. The first-order chi connectivity index (χ1) is 8.56. The zero-order valence-corrected chi connectivity index (χ0v) is 11.2. The van der Waals surface area contributed by atoms with Gasteiger partial charge in [-0.2, -0.15) is 0 Å². The van der Waals surface area contributed by atoms with E-state index in [4.69, 9.17) is 4.74 Å². The molecular weight excluding hydrogens is 228 g/mol. The third-order valence-corrected chi connectivity index (χ3v) is 3.91. The smallest absolute Gasteiger partial charge is 0.310 e. The minimum atomic E-state index is -0.787. The van der Waals surface area contributed by atoms with E-state index < -0.39 is 11.9 Å². The molecule has 1 atom stereocenters. The molecule has 3 nitrogen and oxygen atoms in total. The van der Waals surface area contributed by atoms with Crippen molar-refractivity contribution in [1.29, 1.82) is 0 Å². The summed E-state index contributed by atoms with van der Waals surface area (Å²) in [6, 6.07) is 1.99. The second-order valence-corrected chi connectivity index (χ2v) is 5.03. The molecule has 0 saturated heterocycles. The molecule has 1 N–H and O–H groups in total. The molecule has 0 radical (unpaired) electrons. The minimum Gasteiger partial charge on any atom is -0.496 e. The van der Waals surface area contributed by atoms with Gasteiger partial charge in [-0.15, -0.1) is 0 Å². The molecule has 1 aliphatic carbocycles. The van der Waals surface area contributed by atoms with Crippen molar-refractivity contribution in [3.8, 4) is 5.75 Å². The van der Waals surface area contributed by atoms with Crippen LogP contribution in [0, 0.1) is 6.92 Å². The number of ether oxygens (including phenoxy) is 1. The fourth-order valence-electron chi connectivity index (χ4n) is 2.92. The van der Waals surface area contributed by atoms with Crippen LogP contribution in [0.3, 0.4) is 0 Å². The van der Waals surface area contributed by atoms with Crippen molar-refractivity contribution in [1.82, 2.24) is 0 Å². The van der Waals surface area contributed by atoms with Gasteiger partial charge in [0.25, 0.3) is 0 Å². The van der Waals surface area contributed by atoms with Crippen LogP contribution in [0.25, 0.3) is 0 Å². The first-order valence-electron chi connectivity index (χ1n) is 6.48. The summed E-state index contributed by atoms with van der Waals surface area (Å²) in [5.41, 5.74) is 4.66. The van der Waals surface area contributed by atoms with E-state index >= 15 is 0 Å². The Balaban J connectivity index is 2.64. The summed E-state index contributed by atoms with van der Waals surface area (Å²) in [6.45, 7) is 3.83. The Kier molecular flexibility index (Phi) is 3.60. The van der Waals surface area contributed by atoms with E-state index in [1.165, 1.54) is 23.1 Å². The third kappa shape index (κ3) is 2.09. The molecule has 0 bridgehead atoms. The van der Waals surface area contributed by atoms with E-state index in [1.54, 1.807) is 14.0 Å². The van der Waals surface area contributed by atoms with Gasteiger partial charge in [0.2, 0.25) is 0 Å². The molecule has 1 aromatic carbocycles. The predicted octanol–water partition coefficient (Wildman–Crippen LogP) is 3.07. The lowest BCUT2D eigenvalue weighted by molar-refractivity contribution is -0.138. The Morgan fingerprint density at radius 3 is 2.50 bits per heavy atom. The number of aliphatic carboxylic acids is 1. The van der Waals surface area contributed by atoms with E-state index in [1.807, 2.05) is 6.07 Å². The normalized spacial score (nSPS) is 15.9. The summed E-state index contributed by atoms with van der Waals surface area (Å²) in [7, 11) is 1.61. The van der Waals surface area contributed by atoms with Gasteiger partial charge in [-0.25, -0.2) is 0 Å². The molecule has 1 aromatic rings. The van der Waals surface area contributed by atoms with Gasteiger partial charge in [0.05, 0.1) is 13.0 Å². The highest BCUT2D eigenvalue weighted by atomic mass is 16.5. The van der Waals surface area contributed by atoms with Crippen LogP contribution < -0.4 is 4.74 Å². The van der Waals surface area contributed by atoms with Crippen molar-refractivity contribution < 1.29 is 14.6 Å². The lowest BCUT2D eigenvalue weighted by Gasteiger charge is -2.25. The van der Waals surface area contributed by atoms with E-state index in [2.05, 4.69) is 6.92 Å². The zero-order valence-electron chi connectivity index (χ0n) is 11.2. The van der Waals surface area contributed by atoms with Crippen LogP contribution in [0.4, 0.5) is 0 Å². The lowest BCUT2D eigenvalue weighted by atomic mass is 9.81. The van der Waals surface area contributed by atoms with Gasteiger partial charge in [-0.05, 0) is 62.3 Å². The van der Waals surface area contributed by atoms with Crippen molar-refractivity contribution in [2.75, 3.05) is 7.11 Å². The van der Waals surface area contributed by atoms with Gasteiger partial charge in [0.15, 0.2) is 0 Å². The minimum absolute atomic E-state index is 0.507. The molecule has 0 heterocycles. The number of rotatable bonds is 3. The number of benzene rings is 1. The summed E-state index contributed by atoms with van der Waals surface area (Å²) in [4.78, 5) is 11.3. The van der Waals surface area contributed by atoms with Gasteiger partial charge in [0, 0.05) is 5.56 Å². The molecule has 98 valence electrons. The highest BCUT2D eigenvalue weighted by Crippen LogP contribution is 2.38. The zero-order chi connectivity index (χ0) is 13.3. The molecule has 0 saturated carbocycles. The molecule has 1 aliphatic rings. The van der Waals surface area contributed by atoms with Crippen LogP contribution in [0.5, 0.6) is 5.75 Å². The average Bonchev–Trinajstić information content (AvgIpc) is 2.37. The fourth-order valence-corrected chi connectivity index (χ4v) is 2.92. The Morgan fingerprint density at radius 2 is 1.94 bits per heavy atom. The van der Waals surface area contributed by atoms with Gasteiger partial charge in [-0.1, -0.05) is 0 Å². The predicted molar refractivity (Wildman–Crippen MR) is 70.4 cm³/mol. The number of carbonyl (C=O) groups is 1. The molecule has 0 aliphatic heterocycles. The first-order valence-corrected chi connectivity index (χ1v) is 6.48. The first kappa shape index (κ1) is 12.9. The maximum atomic E-state index is 11.3. The van der Waals surface area contributed by atoms with Crippen LogP contribution in [-0.4, -0.2) is 18.2 Å². The number of aryl methyl sites for hydroxylation is 1. The molecule has 18 heavy (non-hydrogen) atoms. The number of carboxylic acids is 1. The third-order valence-electron chi connectivity index (χ3n) is 3.91. The van der Waals surface area contributed by atoms with Crippen molar-refractivity contribution in [3.63, 3.8) is 0 Å². The van der Waals surface area contributed by atoms with Gasteiger partial charge >= 0.3 is 5.97 Å². The number of carboxylic acid groups (broad SMARTS) is 1. The molecule has 1 unspecified atom stereocenters. The maximum absolute atomic E-state index is 11.3. The largest absolute Gasteiger partial charge is 0.496 e. The van der Waals surface area contributed by atoms with Crippen LogP contribution in [0.1, 0.15) is 47.9 Å². The standard InChI is InChI=1S/C15H20O3/c1-9-8-13(18-3)14(10(2)15(16)17)12-7-5-4-6-11(9)12/h8,10H,4-7H2,1-3H3,(H,16,17). The Morgan fingerprint density at radius 1 is 1.33 bits per heavy atom. The van der Waals surface area contributed by atoms with E-state index in [0.29, 0.717) is 0 Å². The molecule has 0 amide bonds. The number of fused-ring (bicyclic) bond motifs is 1. The summed E-state index contributed by atoms with van der Waals surface area (Å²) in [6.07, 6.45) is 4.37. The van der Waals surface area contributed by atoms with Gasteiger partial charge in [0.1, 0.15) is 5.75 Å². The fraction of sp³-hybridized carbons (Fsp3) is 0.533. The number of methoxy groups -OCH3 is 1. The lowest BCUT2D eigenvalue weighted by Crippen LogP contribution is -2.16. The van der Waals surface area contributed by atoms with Crippen molar-refractivity contribution in [2.24, 2.45) is 0 Å². The molecular formula is C15H20O3. The average molecular weight is 248 g/mol. The van der Waals surface area contributed by atoms with Crippen LogP contribution in [-0.2, 0) is 17.6 Å². The Hall–Kier alpha value is -1.51. The van der Waals surface area contributed by atoms with E-state index in [9.17, 15) is 9.90 Å². The monoisotopic (exact) mass is 248 g/mol. The van der Waals surface area contributed by atoms with Crippen LogP contribution >= 0.6 is 0 Å². The number of hydrogen-bond donors (Lipinski definition) is 1. The highest BCUT2D eigenvalue weighted by Gasteiger charge is 2.26. The van der Waals surface area contributed by atoms with Crippen molar-refractivity contribution in [2.45, 2.75) is 45.4 Å². The van der Waals surface area contributed by atoms with Crippen molar-refractivity contribution in [3.05, 3.63) is 28.3 Å². The second-order valence-electron chi connectivity index (χ2n) is 5.03. The molecule has 2 rings (SSSR count). The summed E-state index contributed by atoms with van der Waals surface area (Å²) >= 11 is 0. The molecule has 0 aromatic heterocycles. The van der Waals surface area contributed by atoms with Gasteiger partial charge in [-0.3, -0.25) is 4.79 Å². The molecule has 3 heteroatoms. The maximum Gasteiger partial charge on any atom is 0.310 e.